The maximum Gasteiger partial charge on any atom is 0.270 e. The first-order chi connectivity index (χ1) is 19.3. The standard InChI is InChI=1S/C27H28N6O6S/c1-6-17-12-25(31-30-17)29-20-14-21-18(13-22(20)36-3)27(32-39-21)33-40(34,35)26-23(37-4)10-16(11-24(26)38-5)19-9-7-8-15(2)28-19/h7-14H,6H2,1-5H3,(H,32,33)(H2,29,30,31). The first-order valence-electron chi connectivity index (χ1n) is 12.3. The fraction of sp³-hybridized carbons (Fsp3) is 0.222. The van der Waals surface area contributed by atoms with Gasteiger partial charge in [0.1, 0.15) is 17.2 Å². The van der Waals surface area contributed by atoms with Crippen molar-refractivity contribution in [1.29, 1.82) is 0 Å². The van der Waals surface area contributed by atoms with Crippen LogP contribution in [0.5, 0.6) is 17.2 Å². The number of benzene rings is 2. The van der Waals surface area contributed by atoms with Gasteiger partial charge in [-0.05, 0) is 43.7 Å². The van der Waals surface area contributed by atoms with Crippen LogP contribution in [0.3, 0.4) is 0 Å². The van der Waals surface area contributed by atoms with E-state index < -0.39 is 10.0 Å². The van der Waals surface area contributed by atoms with E-state index in [2.05, 4.69) is 30.4 Å². The van der Waals surface area contributed by atoms with Gasteiger partial charge in [0, 0.05) is 29.1 Å². The molecule has 0 aliphatic heterocycles. The summed E-state index contributed by atoms with van der Waals surface area (Å²) in [7, 11) is 0.0146. The number of methoxy groups -OCH3 is 3. The van der Waals surface area contributed by atoms with E-state index in [4.69, 9.17) is 18.7 Å². The summed E-state index contributed by atoms with van der Waals surface area (Å²) < 4.78 is 51.8. The van der Waals surface area contributed by atoms with Crippen molar-refractivity contribution in [2.75, 3.05) is 31.4 Å². The van der Waals surface area contributed by atoms with Crippen LogP contribution < -0.4 is 24.2 Å². The molecule has 12 nitrogen and oxygen atoms in total. The molecule has 0 fully saturated rings. The van der Waals surface area contributed by atoms with Crippen molar-refractivity contribution in [2.45, 2.75) is 25.2 Å². The number of ether oxygens (including phenoxy) is 3. The quantitative estimate of drug-likeness (QED) is 0.210. The van der Waals surface area contributed by atoms with Crippen LogP contribution in [0.2, 0.25) is 0 Å². The highest BCUT2D eigenvalue weighted by molar-refractivity contribution is 7.93. The van der Waals surface area contributed by atoms with Crippen LogP contribution in [0, 0.1) is 6.92 Å². The third kappa shape index (κ3) is 5.10. The van der Waals surface area contributed by atoms with Crippen LogP contribution in [-0.4, -0.2) is 50.1 Å². The van der Waals surface area contributed by atoms with Crippen LogP contribution in [0.4, 0.5) is 17.3 Å². The topological polar surface area (TPSA) is 153 Å². The number of hydrogen-bond acceptors (Lipinski definition) is 10. The number of anilines is 3. The summed E-state index contributed by atoms with van der Waals surface area (Å²) in [6.07, 6.45) is 0.803. The smallest absolute Gasteiger partial charge is 0.270 e. The molecule has 0 spiro atoms. The van der Waals surface area contributed by atoms with E-state index in [9.17, 15) is 8.42 Å². The number of sulfonamides is 1. The Balaban J connectivity index is 1.52. The molecular weight excluding hydrogens is 536 g/mol. The number of rotatable bonds is 10. The molecule has 0 saturated heterocycles. The Hall–Kier alpha value is -4.78. The Morgan fingerprint density at radius 2 is 1.70 bits per heavy atom. The molecule has 3 N–H and O–H groups in total. The van der Waals surface area contributed by atoms with E-state index in [-0.39, 0.29) is 22.2 Å². The van der Waals surface area contributed by atoms with Gasteiger partial charge in [0.15, 0.2) is 22.1 Å². The number of pyridine rings is 1. The highest BCUT2D eigenvalue weighted by Gasteiger charge is 2.29. The average molecular weight is 565 g/mol. The highest BCUT2D eigenvalue weighted by atomic mass is 32.2. The Morgan fingerprint density at radius 1 is 0.975 bits per heavy atom. The Morgan fingerprint density at radius 3 is 2.33 bits per heavy atom. The number of aromatic amines is 1. The molecule has 5 rings (SSSR count). The molecule has 13 heteroatoms. The van der Waals surface area contributed by atoms with Gasteiger partial charge in [0.05, 0.1) is 38.1 Å². The minimum atomic E-state index is -4.26. The van der Waals surface area contributed by atoms with Gasteiger partial charge in [-0.25, -0.2) is 8.42 Å². The van der Waals surface area contributed by atoms with Gasteiger partial charge in [-0.1, -0.05) is 18.1 Å². The van der Waals surface area contributed by atoms with Crippen molar-refractivity contribution in [2.24, 2.45) is 0 Å². The zero-order valence-corrected chi connectivity index (χ0v) is 23.3. The molecule has 0 atom stereocenters. The third-order valence-corrected chi connectivity index (χ3v) is 7.61. The zero-order chi connectivity index (χ0) is 28.4. The summed E-state index contributed by atoms with van der Waals surface area (Å²) in [4.78, 5) is 4.32. The van der Waals surface area contributed by atoms with Crippen LogP contribution in [0.25, 0.3) is 22.2 Å². The van der Waals surface area contributed by atoms with Crippen LogP contribution >= 0.6 is 0 Å². The second kappa shape index (κ2) is 10.8. The predicted octanol–water partition coefficient (Wildman–Crippen LogP) is 5.05. The molecule has 0 aliphatic rings. The number of H-pyrrole nitrogens is 1. The normalized spacial score (nSPS) is 11.4. The summed E-state index contributed by atoms with van der Waals surface area (Å²) in [5, 5.41) is 14.7. The van der Waals surface area contributed by atoms with Gasteiger partial charge in [0.25, 0.3) is 10.0 Å². The number of aryl methyl sites for hydroxylation is 2. The molecule has 2 aromatic carbocycles. The second-order valence-corrected chi connectivity index (χ2v) is 10.4. The molecule has 0 amide bonds. The summed E-state index contributed by atoms with van der Waals surface area (Å²) >= 11 is 0. The third-order valence-electron chi connectivity index (χ3n) is 6.21. The van der Waals surface area contributed by atoms with E-state index >= 15 is 0 Å². The Labute approximate surface area is 230 Å². The fourth-order valence-electron chi connectivity index (χ4n) is 4.22. The van der Waals surface area contributed by atoms with E-state index in [1.807, 2.05) is 38.1 Å². The Bertz CT molecular complexity index is 1770. The summed E-state index contributed by atoms with van der Waals surface area (Å²) in [5.74, 6) is 1.15. The minimum absolute atomic E-state index is 0.0265. The molecular formula is C27H28N6O6S. The molecule has 208 valence electrons. The molecule has 0 bridgehead atoms. The van der Waals surface area contributed by atoms with Gasteiger partial charge in [-0.3, -0.25) is 14.8 Å². The number of nitrogens with one attached hydrogen (secondary N) is 3. The fourth-order valence-corrected chi connectivity index (χ4v) is 5.54. The highest BCUT2D eigenvalue weighted by Crippen LogP contribution is 2.40. The van der Waals surface area contributed by atoms with Gasteiger partial charge in [0.2, 0.25) is 0 Å². The molecule has 0 aliphatic carbocycles. The van der Waals surface area contributed by atoms with Crippen molar-refractivity contribution >= 4 is 38.3 Å². The van der Waals surface area contributed by atoms with Gasteiger partial charge in [-0.15, -0.1) is 0 Å². The second-order valence-electron chi connectivity index (χ2n) is 8.82. The maximum atomic E-state index is 13.7. The van der Waals surface area contributed by atoms with E-state index in [1.165, 1.54) is 21.3 Å². The zero-order valence-electron chi connectivity index (χ0n) is 22.5. The van der Waals surface area contributed by atoms with E-state index in [0.29, 0.717) is 39.5 Å². The van der Waals surface area contributed by atoms with E-state index in [1.54, 1.807) is 24.3 Å². The van der Waals surface area contributed by atoms with Crippen LogP contribution in [0.15, 0.2) is 57.9 Å². The summed E-state index contributed by atoms with van der Waals surface area (Å²) in [5.41, 5.74) is 3.96. The largest absolute Gasteiger partial charge is 0.495 e. The molecule has 3 aromatic heterocycles. The monoisotopic (exact) mass is 564 g/mol. The lowest BCUT2D eigenvalue weighted by Crippen LogP contribution is -2.16. The molecule has 0 saturated carbocycles. The van der Waals surface area contributed by atoms with Crippen molar-refractivity contribution in [1.82, 2.24) is 20.3 Å². The molecule has 0 unspecified atom stereocenters. The summed E-state index contributed by atoms with van der Waals surface area (Å²) in [6, 6.07) is 13.9. The number of fused-ring (bicyclic) bond motifs is 1. The van der Waals surface area contributed by atoms with E-state index in [0.717, 1.165) is 17.8 Å². The molecule has 0 radical (unpaired) electrons. The average Bonchev–Trinajstić information content (AvgIpc) is 3.57. The van der Waals surface area contributed by atoms with Crippen molar-refractivity contribution in [3.63, 3.8) is 0 Å². The Kier molecular flexibility index (Phi) is 7.22. The van der Waals surface area contributed by atoms with Crippen molar-refractivity contribution in [3.05, 3.63) is 59.9 Å². The lowest BCUT2D eigenvalue weighted by molar-refractivity contribution is 0.374. The first-order valence-corrected chi connectivity index (χ1v) is 13.8. The number of aromatic nitrogens is 4. The van der Waals surface area contributed by atoms with Crippen LogP contribution in [0.1, 0.15) is 18.3 Å². The number of nitrogens with zero attached hydrogens (tertiary/aromatic N) is 3. The van der Waals surface area contributed by atoms with Gasteiger partial charge >= 0.3 is 0 Å². The first kappa shape index (κ1) is 26.8. The molecule has 40 heavy (non-hydrogen) atoms. The van der Waals surface area contributed by atoms with Crippen LogP contribution in [-0.2, 0) is 16.4 Å². The lowest BCUT2D eigenvalue weighted by Gasteiger charge is -2.16. The minimum Gasteiger partial charge on any atom is -0.495 e. The van der Waals surface area contributed by atoms with Gasteiger partial charge < -0.3 is 24.1 Å². The van der Waals surface area contributed by atoms with Gasteiger partial charge in [-0.2, -0.15) is 5.10 Å². The molecule has 5 aromatic rings. The SMILES string of the molecule is CCc1cc(Nc2cc3onc(NS(=O)(=O)c4c(OC)cc(-c5cccc(C)n5)cc4OC)c3cc2OC)n[nH]1. The maximum absolute atomic E-state index is 13.7. The predicted molar refractivity (Wildman–Crippen MR) is 150 cm³/mol. The molecule has 3 heterocycles. The number of hydrogen-bond donors (Lipinski definition) is 3. The van der Waals surface area contributed by atoms with Crippen molar-refractivity contribution in [3.8, 4) is 28.5 Å². The van der Waals surface area contributed by atoms with Crippen molar-refractivity contribution < 1.29 is 27.2 Å². The summed E-state index contributed by atoms with van der Waals surface area (Å²) in [6.45, 7) is 3.89. The lowest BCUT2D eigenvalue weighted by atomic mass is 10.1.